The lowest BCUT2D eigenvalue weighted by Crippen LogP contribution is -2.71. The molecular weight excluding hydrogens is 496 g/mol. The van der Waals surface area contributed by atoms with Crippen LogP contribution in [0.4, 0.5) is 10.8 Å². The van der Waals surface area contributed by atoms with E-state index in [9.17, 15) is 19.5 Å². The number of aliphatic carboxylic acids is 1. The molecule has 182 valence electrons. The maximum absolute atomic E-state index is 12.9. The SMILES string of the molecule is CON=C(C(=O)NC1C(=O)N2C(C(=O)O)=C(C=CC[n+]3cccc(N)c3)CS[C@@H]12)c1nsc(N)n1. The zero-order valence-electron chi connectivity index (χ0n) is 18.3. The summed E-state index contributed by atoms with van der Waals surface area (Å²) in [6, 6.07) is 2.62. The lowest BCUT2D eigenvalue weighted by molar-refractivity contribution is -0.686. The van der Waals surface area contributed by atoms with E-state index in [1.54, 1.807) is 24.4 Å². The molecule has 0 aliphatic carbocycles. The number of rotatable bonds is 8. The molecule has 2 aromatic heterocycles. The summed E-state index contributed by atoms with van der Waals surface area (Å²) in [5.41, 5.74) is 12.1. The number of carboxylic acids is 1. The molecule has 2 atom stereocenters. The quantitative estimate of drug-likeness (QED) is 0.151. The van der Waals surface area contributed by atoms with Gasteiger partial charge in [0.2, 0.25) is 11.5 Å². The van der Waals surface area contributed by atoms with Gasteiger partial charge in [-0.1, -0.05) is 11.2 Å². The minimum Gasteiger partial charge on any atom is -0.477 e. The van der Waals surface area contributed by atoms with Crippen molar-refractivity contribution in [3.8, 4) is 0 Å². The molecule has 0 bridgehead atoms. The van der Waals surface area contributed by atoms with Crippen molar-refractivity contribution in [2.75, 3.05) is 24.3 Å². The summed E-state index contributed by atoms with van der Waals surface area (Å²) in [5.74, 6) is -2.22. The third-order valence-corrected chi connectivity index (χ3v) is 6.90. The van der Waals surface area contributed by atoms with Crippen LogP contribution >= 0.6 is 23.3 Å². The Kier molecular flexibility index (Phi) is 6.97. The first kappa shape index (κ1) is 24.2. The predicted octanol–water partition coefficient (Wildman–Crippen LogP) is -0.664. The highest BCUT2D eigenvalue weighted by atomic mass is 32.2. The van der Waals surface area contributed by atoms with Gasteiger partial charge in [-0.15, -0.1) is 11.8 Å². The fourth-order valence-electron chi connectivity index (χ4n) is 3.56. The van der Waals surface area contributed by atoms with Crippen molar-refractivity contribution in [3.63, 3.8) is 0 Å². The number of carboxylic acid groups (broad SMARTS) is 1. The molecule has 6 N–H and O–H groups in total. The number of thioether (sulfide) groups is 1. The lowest BCUT2D eigenvalue weighted by atomic mass is 10.0. The van der Waals surface area contributed by atoms with Crippen LogP contribution in [0.1, 0.15) is 5.82 Å². The van der Waals surface area contributed by atoms with E-state index in [1.165, 1.54) is 23.8 Å². The Morgan fingerprint density at radius 3 is 2.91 bits per heavy atom. The molecule has 1 fully saturated rings. The molecule has 15 heteroatoms. The Morgan fingerprint density at radius 1 is 1.46 bits per heavy atom. The van der Waals surface area contributed by atoms with Crippen LogP contribution in [-0.2, 0) is 25.8 Å². The number of nitrogens with one attached hydrogen (secondary N) is 1. The fraction of sp³-hybridized carbons (Fsp3) is 0.250. The number of amides is 2. The molecule has 1 saturated heterocycles. The van der Waals surface area contributed by atoms with E-state index in [-0.39, 0.29) is 22.4 Å². The van der Waals surface area contributed by atoms with E-state index in [0.29, 0.717) is 23.6 Å². The van der Waals surface area contributed by atoms with Crippen LogP contribution in [-0.4, -0.2) is 67.1 Å². The molecule has 2 aliphatic heterocycles. The summed E-state index contributed by atoms with van der Waals surface area (Å²) in [6.07, 6.45) is 7.07. The first-order chi connectivity index (χ1) is 16.8. The van der Waals surface area contributed by atoms with Gasteiger partial charge in [-0.25, -0.2) is 4.79 Å². The van der Waals surface area contributed by atoms with Crippen LogP contribution in [0.5, 0.6) is 0 Å². The first-order valence-electron chi connectivity index (χ1n) is 10.1. The average molecular weight is 518 g/mol. The fourth-order valence-corrected chi connectivity index (χ4v) is 5.31. The maximum atomic E-state index is 12.9. The van der Waals surface area contributed by atoms with Crippen molar-refractivity contribution in [2.24, 2.45) is 5.16 Å². The van der Waals surface area contributed by atoms with E-state index in [2.05, 4.69) is 19.8 Å². The highest BCUT2D eigenvalue weighted by Gasteiger charge is 2.54. The summed E-state index contributed by atoms with van der Waals surface area (Å²) in [6.45, 7) is 0.471. The van der Waals surface area contributed by atoms with Gasteiger partial charge in [0.05, 0.1) is 5.69 Å². The highest BCUT2D eigenvalue weighted by Crippen LogP contribution is 2.40. The summed E-state index contributed by atoms with van der Waals surface area (Å²) in [5, 5.41) is 15.6. The van der Waals surface area contributed by atoms with Crippen molar-refractivity contribution in [1.82, 2.24) is 19.6 Å². The number of allylic oxidation sites excluding steroid dienone is 2. The second-order valence-electron chi connectivity index (χ2n) is 7.36. The molecular formula is C20H21N8O5S2+. The van der Waals surface area contributed by atoms with Crippen molar-refractivity contribution in [3.05, 3.63) is 53.8 Å². The Hall–Kier alpha value is -3.98. The number of hydrogen-bond donors (Lipinski definition) is 4. The predicted molar refractivity (Wildman–Crippen MR) is 128 cm³/mol. The molecule has 2 aromatic rings. The van der Waals surface area contributed by atoms with Gasteiger partial charge >= 0.3 is 5.97 Å². The number of anilines is 2. The van der Waals surface area contributed by atoms with Gasteiger partial charge in [0.25, 0.3) is 11.8 Å². The van der Waals surface area contributed by atoms with Crippen molar-refractivity contribution in [2.45, 2.75) is 18.0 Å². The topological polar surface area (TPSA) is 190 Å². The minimum atomic E-state index is -1.23. The number of β-lactam (4-membered cyclic amide) rings is 1. The Morgan fingerprint density at radius 2 is 2.26 bits per heavy atom. The van der Waals surface area contributed by atoms with Crippen LogP contribution < -0.4 is 21.4 Å². The standard InChI is InChI=1S/C20H20N8O5S2/c1-33-25-12(15-24-20(22)35-26-15)16(29)23-13-17(30)28-14(19(31)32)10(9-34-18(13)28)4-2-6-27-7-3-5-11(21)8-27/h2-5,7-8,13,18H,6,9,21H2,1H3,(H3-,22,23,24,26,29,31,32)/p+1/t13?,18-/m0/s1. The number of hydrogen-bond acceptors (Lipinski definition) is 11. The first-order valence-corrected chi connectivity index (χ1v) is 12.0. The lowest BCUT2D eigenvalue weighted by Gasteiger charge is -2.49. The summed E-state index contributed by atoms with van der Waals surface area (Å²) in [4.78, 5) is 47.5. The van der Waals surface area contributed by atoms with Crippen molar-refractivity contribution in [1.29, 1.82) is 0 Å². The van der Waals surface area contributed by atoms with Gasteiger partial charge in [-0.3, -0.25) is 14.5 Å². The van der Waals surface area contributed by atoms with E-state index < -0.39 is 29.2 Å². The molecule has 0 saturated carbocycles. The number of carbonyl (C=O) groups is 3. The molecule has 4 rings (SSSR count). The summed E-state index contributed by atoms with van der Waals surface area (Å²) >= 11 is 2.22. The van der Waals surface area contributed by atoms with Crippen LogP contribution in [0.3, 0.4) is 0 Å². The van der Waals surface area contributed by atoms with Crippen LogP contribution in [0, 0.1) is 0 Å². The molecule has 0 radical (unpaired) electrons. The molecule has 1 unspecified atom stereocenters. The van der Waals surface area contributed by atoms with Crippen molar-refractivity contribution >= 4 is 57.6 Å². The number of fused-ring (bicyclic) bond motifs is 1. The second kappa shape index (κ2) is 10.1. The molecule has 2 amide bonds. The number of pyridine rings is 1. The van der Waals surface area contributed by atoms with Gasteiger partial charge in [-0.2, -0.15) is 13.9 Å². The van der Waals surface area contributed by atoms with Crippen LogP contribution in [0.15, 0.2) is 53.1 Å². The molecule has 2 aliphatic rings. The van der Waals surface area contributed by atoms with Gasteiger partial charge < -0.3 is 26.7 Å². The zero-order chi connectivity index (χ0) is 25.1. The molecule has 0 aromatic carbocycles. The average Bonchev–Trinajstić information content (AvgIpc) is 3.26. The zero-order valence-corrected chi connectivity index (χ0v) is 20.0. The number of oxime groups is 1. The monoisotopic (exact) mass is 517 g/mol. The number of nitrogen functional groups attached to an aromatic ring is 2. The Bertz CT molecular complexity index is 1270. The number of nitrogens with zero attached hydrogens (tertiary/aromatic N) is 5. The van der Waals surface area contributed by atoms with E-state index in [0.717, 1.165) is 11.5 Å². The van der Waals surface area contributed by atoms with Gasteiger partial charge in [0, 0.05) is 23.4 Å². The minimum absolute atomic E-state index is 0.0386. The van der Waals surface area contributed by atoms with Crippen LogP contribution in [0.25, 0.3) is 0 Å². The van der Waals surface area contributed by atoms with Gasteiger partial charge in [-0.05, 0) is 17.7 Å². The third-order valence-electron chi connectivity index (χ3n) is 5.05. The maximum Gasteiger partial charge on any atom is 0.352 e. The van der Waals surface area contributed by atoms with Gasteiger partial charge in [0.1, 0.15) is 24.2 Å². The van der Waals surface area contributed by atoms with E-state index >= 15 is 0 Å². The number of aromatic nitrogens is 3. The van der Waals surface area contributed by atoms with Crippen molar-refractivity contribution < 1.29 is 28.9 Å². The van der Waals surface area contributed by atoms with E-state index in [1.807, 2.05) is 16.8 Å². The number of carbonyl (C=O) groups excluding carboxylic acids is 2. The molecule has 13 nitrogen and oxygen atoms in total. The Balaban J connectivity index is 1.49. The molecule has 35 heavy (non-hydrogen) atoms. The normalized spacial score (nSPS) is 20.0. The summed E-state index contributed by atoms with van der Waals surface area (Å²) < 4.78 is 5.78. The summed E-state index contributed by atoms with van der Waals surface area (Å²) in [7, 11) is 1.25. The second-order valence-corrected chi connectivity index (χ2v) is 9.24. The molecule has 4 heterocycles. The van der Waals surface area contributed by atoms with E-state index in [4.69, 9.17) is 16.3 Å². The smallest absolute Gasteiger partial charge is 0.352 e. The third kappa shape index (κ3) is 4.95. The number of nitrogens with two attached hydrogens (primary N) is 2. The Labute approximate surface area is 207 Å². The van der Waals surface area contributed by atoms with Gasteiger partial charge in [0.15, 0.2) is 24.1 Å². The highest BCUT2D eigenvalue weighted by molar-refractivity contribution is 8.00. The molecule has 0 spiro atoms. The largest absolute Gasteiger partial charge is 0.477 e. The van der Waals surface area contributed by atoms with Crippen LogP contribution in [0.2, 0.25) is 0 Å².